The molecule has 0 amide bonds. The van der Waals surface area contributed by atoms with Crippen molar-refractivity contribution in [1.82, 2.24) is 4.90 Å². The van der Waals surface area contributed by atoms with Crippen LogP contribution >= 0.6 is 0 Å². The van der Waals surface area contributed by atoms with Crippen molar-refractivity contribution in [3.63, 3.8) is 0 Å². The van der Waals surface area contributed by atoms with E-state index < -0.39 is 5.54 Å². The normalized spacial score (nSPS) is 49.7. The van der Waals surface area contributed by atoms with Gasteiger partial charge in [-0.15, -0.1) is 0 Å². The SMILES string of the molecule is COC[C@]1(CO)C(=O)C2(C)[C@H](C)CN1C[C@@H]2C. The fraction of sp³-hybridized carbons (Fsp3) is 0.923. The Morgan fingerprint density at radius 2 is 1.94 bits per heavy atom. The summed E-state index contributed by atoms with van der Waals surface area (Å²) in [5.74, 6) is 0.845. The fourth-order valence-electron chi connectivity index (χ4n) is 3.66. The number of fused-ring (bicyclic) bond motifs is 3. The molecule has 0 spiro atoms. The molecule has 0 aliphatic carbocycles. The third-order valence-electron chi connectivity index (χ3n) is 5.20. The number of nitrogens with zero attached hydrogens (tertiary/aromatic N) is 1. The van der Waals surface area contributed by atoms with E-state index in [0.29, 0.717) is 11.8 Å². The average Bonchev–Trinajstić information content (AvgIpc) is 2.29. The van der Waals surface area contributed by atoms with Crippen LogP contribution < -0.4 is 0 Å². The van der Waals surface area contributed by atoms with Crippen molar-refractivity contribution in [1.29, 1.82) is 0 Å². The lowest BCUT2D eigenvalue weighted by molar-refractivity contribution is -0.187. The summed E-state index contributed by atoms with van der Waals surface area (Å²) in [6, 6.07) is 0. The molecule has 4 heteroatoms. The van der Waals surface area contributed by atoms with Crippen molar-refractivity contribution in [2.24, 2.45) is 17.3 Å². The minimum Gasteiger partial charge on any atom is -0.394 e. The number of hydrogen-bond donors (Lipinski definition) is 1. The van der Waals surface area contributed by atoms with E-state index in [1.54, 1.807) is 7.11 Å². The fourth-order valence-corrected chi connectivity index (χ4v) is 3.66. The van der Waals surface area contributed by atoms with Gasteiger partial charge in [-0.05, 0) is 11.8 Å². The minimum absolute atomic E-state index is 0.144. The Kier molecular flexibility index (Phi) is 3.09. The number of carbonyl (C=O) groups is 1. The first kappa shape index (κ1) is 13.0. The molecule has 5 atom stereocenters. The van der Waals surface area contributed by atoms with Gasteiger partial charge in [0.1, 0.15) is 5.54 Å². The number of rotatable bonds is 3. The summed E-state index contributed by atoms with van der Waals surface area (Å²) < 4.78 is 5.19. The Bertz CT molecular complexity index is 319. The molecule has 3 rings (SSSR count). The second-order valence-corrected chi connectivity index (χ2v) is 5.94. The summed E-state index contributed by atoms with van der Waals surface area (Å²) in [5.41, 5.74) is -1.13. The van der Waals surface area contributed by atoms with Gasteiger partial charge >= 0.3 is 0 Å². The molecular weight excluding hydrogens is 218 g/mol. The number of ketones is 1. The number of hydrogen-bond acceptors (Lipinski definition) is 4. The number of methoxy groups -OCH3 is 1. The predicted octanol–water partition coefficient (Wildman–Crippen LogP) is 0.541. The summed E-state index contributed by atoms with van der Waals surface area (Å²) in [6.07, 6.45) is 0. The largest absolute Gasteiger partial charge is 0.394 e. The van der Waals surface area contributed by atoms with Crippen LogP contribution in [0.3, 0.4) is 0 Å². The maximum absolute atomic E-state index is 12.8. The van der Waals surface area contributed by atoms with Gasteiger partial charge < -0.3 is 9.84 Å². The molecule has 3 saturated heterocycles. The van der Waals surface area contributed by atoms with Gasteiger partial charge in [-0.25, -0.2) is 0 Å². The number of ether oxygens (including phenoxy) is 1. The first-order valence-electron chi connectivity index (χ1n) is 6.33. The van der Waals surface area contributed by atoms with E-state index in [2.05, 4.69) is 25.7 Å². The van der Waals surface area contributed by atoms with Crippen LogP contribution in [-0.4, -0.2) is 54.7 Å². The Morgan fingerprint density at radius 1 is 1.41 bits per heavy atom. The second kappa shape index (κ2) is 4.04. The Morgan fingerprint density at radius 3 is 2.35 bits per heavy atom. The summed E-state index contributed by atoms with van der Waals surface area (Å²) in [5, 5.41) is 9.71. The van der Waals surface area contributed by atoms with E-state index >= 15 is 0 Å². The molecule has 2 bridgehead atoms. The predicted molar refractivity (Wildman–Crippen MR) is 64.7 cm³/mol. The van der Waals surface area contributed by atoms with Crippen LogP contribution in [0, 0.1) is 17.3 Å². The molecule has 2 unspecified atom stereocenters. The Labute approximate surface area is 103 Å². The molecule has 1 N–H and O–H groups in total. The van der Waals surface area contributed by atoms with Gasteiger partial charge in [0.25, 0.3) is 0 Å². The Hall–Kier alpha value is -0.450. The Balaban J connectivity index is 2.44. The molecule has 3 aliphatic heterocycles. The summed E-state index contributed by atoms with van der Waals surface area (Å²) in [4.78, 5) is 14.9. The maximum Gasteiger partial charge on any atom is 0.164 e. The van der Waals surface area contributed by atoms with E-state index in [4.69, 9.17) is 4.74 Å². The van der Waals surface area contributed by atoms with E-state index in [1.165, 1.54) is 0 Å². The molecule has 3 heterocycles. The van der Waals surface area contributed by atoms with E-state index in [9.17, 15) is 9.90 Å². The van der Waals surface area contributed by atoms with Crippen LogP contribution in [0.2, 0.25) is 0 Å². The van der Waals surface area contributed by atoms with Crippen LogP contribution in [0.4, 0.5) is 0 Å². The number of piperidine rings is 3. The van der Waals surface area contributed by atoms with Crippen LogP contribution in [0.5, 0.6) is 0 Å². The third kappa shape index (κ3) is 1.44. The molecule has 98 valence electrons. The first-order chi connectivity index (χ1) is 7.93. The zero-order valence-corrected chi connectivity index (χ0v) is 11.2. The van der Waals surface area contributed by atoms with Crippen LogP contribution in [-0.2, 0) is 9.53 Å². The molecular formula is C13H23NO3. The van der Waals surface area contributed by atoms with Crippen molar-refractivity contribution in [2.75, 3.05) is 33.4 Å². The van der Waals surface area contributed by atoms with Crippen molar-refractivity contribution < 1.29 is 14.6 Å². The van der Waals surface area contributed by atoms with Crippen molar-refractivity contribution in [2.45, 2.75) is 26.3 Å². The van der Waals surface area contributed by atoms with Crippen LogP contribution in [0.1, 0.15) is 20.8 Å². The van der Waals surface area contributed by atoms with E-state index in [0.717, 1.165) is 13.1 Å². The maximum atomic E-state index is 12.8. The van der Waals surface area contributed by atoms with Gasteiger partial charge in [-0.2, -0.15) is 0 Å². The second-order valence-electron chi connectivity index (χ2n) is 5.94. The summed E-state index contributed by atoms with van der Waals surface area (Å²) in [6.45, 7) is 8.21. The molecule has 17 heavy (non-hydrogen) atoms. The molecule has 0 aromatic heterocycles. The lowest BCUT2D eigenvalue weighted by atomic mass is 9.55. The highest BCUT2D eigenvalue weighted by atomic mass is 16.5. The number of aliphatic hydroxyl groups is 1. The smallest absolute Gasteiger partial charge is 0.164 e. The summed E-state index contributed by atoms with van der Waals surface area (Å²) >= 11 is 0. The van der Waals surface area contributed by atoms with Gasteiger partial charge in [0.15, 0.2) is 5.78 Å². The minimum atomic E-state index is -0.803. The molecule has 0 radical (unpaired) electrons. The quantitative estimate of drug-likeness (QED) is 0.783. The highest BCUT2D eigenvalue weighted by molar-refractivity contribution is 5.96. The van der Waals surface area contributed by atoms with Crippen LogP contribution in [0.25, 0.3) is 0 Å². The number of Topliss-reactive ketones (excluding diaryl/α,β-unsaturated/α-hetero) is 1. The van der Waals surface area contributed by atoms with E-state index in [1.807, 2.05) is 0 Å². The molecule has 0 aromatic carbocycles. The standard InChI is InChI=1S/C13H23NO3/c1-9-5-14-6-10(2)12(9,3)11(16)13(14,7-15)8-17-4/h9-10,15H,5-8H2,1-4H3/t9-,10+,12?,13-/m1/s1. The van der Waals surface area contributed by atoms with Gasteiger partial charge in [-0.3, -0.25) is 9.69 Å². The van der Waals surface area contributed by atoms with Crippen molar-refractivity contribution in [3.8, 4) is 0 Å². The van der Waals surface area contributed by atoms with Gasteiger partial charge in [0.2, 0.25) is 0 Å². The zero-order chi connectivity index (χ0) is 12.8. The third-order valence-corrected chi connectivity index (χ3v) is 5.20. The number of aliphatic hydroxyl groups excluding tert-OH is 1. The van der Waals surface area contributed by atoms with Crippen LogP contribution in [0.15, 0.2) is 0 Å². The molecule has 0 saturated carbocycles. The summed E-state index contributed by atoms with van der Waals surface area (Å²) in [7, 11) is 1.59. The highest BCUT2D eigenvalue weighted by Crippen LogP contribution is 2.51. The lowest BCUT2D eigenvalue weighted by Crippen LogP contribution is -2.76. The molecule has 3 fully saturated rings. The molecule has 4 nitrogen and oxygen atoms in total. The zero-order valence-electron chi connectivity index (χ0n) is 11.2. The van der Waals surface area contributed by atoms with Crippen molar-refractivity contribution >= 4 is 5.78 Å². The number of carbonyl (C=O) groups excluding carboxylic acids is 1. The van der Waals surface area contributed by atoms with Gasteiger partial charge in [0.05, 0.1) is 13.2 Å². The highest BCUT2D eigenvalue weighted by Gasteiger charge is 2.63. The van der Waals surface area contributed by atoms with Gasteiger partial charge in [-0.1, -0.05) is 20.8 Å². The first-order valence-corrected chi connectivity index (χ1v) is 6.33. The molecule has 0 aromatic rings. The van der Waals surface area contributed by atoms with E-state index in [-0.39, 0.29) is 24.4 Å². The topological polar surface area (TPSA) is 49.8 Å². The van der Waals surface area contributed by atoms with Gasteiger partial charge in [0, 0.05) is 25.6 Å². The van der Waals surface area contributed by atoms with Crippen molar-refractivity contribution in [3.05, 3.63) is 0 Å². The average molecular weight is 241 g/mol. The lowest BCUT2D eigenvalue weighted by Gasteiger charge is -2.61. The monoisotopic (exact) mass is 241 g/mol. The molecule has 3 aliphatic rings.